The number of hydrogen-bond donors (Lipinski definition) is 1. The summed E-state index contributed by atoms with van der Waals surface area (Å²) in [6.07, 6.45) is 15.3. The molecule has 0 amide bonds. The highest BCUT2D eigenvalue weighted by atomic mass is 15.2. The van der Waals surface area contributed by atoms with Crippen molar-refractivity contribution in [2.24, 2.45) is 5.73 Å². The highest BCUT2D eigenvalue weighted by Gasteiger charge is 2.35. The third kappa shape index (κ3) is 5.37. The van der Waals surface area contributed by atoms with E-state index in [1.165, 1.54) is 70.6 Å². The Morgan fingerprint density at radius 2 is 1.25 bits per heavy atom. The highest BCUT2D eigenvalue weighted by molar-refractivity contribution is 4.93. The first-order valence-corrected chi connectivity index (χ1v) is 9.13. The topological polar surface area (TPSA) is 29.3 Å². The average molecular weight is 283 g/mol. The van der Waals surface area contributed by atoms with Crippen LogP contribution in [0.4, 0.5) is 0 Å². The largest absolute Gasteiger partial charge is 0.329 e. The molecular weight excluding hydrogens is 244 g/mol. The molecule has 1 aliphatic rings. The Kier molecular flexibility index (Phi) is 8.79. The number of nitrogens with zero attached hydrogens (tertiary/aromatic N) is 1. The first-order chi connectivity index (χ1) is 9.66. The lowest BCUT2D eigenvalue weighted by atomic mass is 9.83. The standard InChI is InChI=1S/C18H38N2/c1-4-20(17(2)3)18(16-19)14-12-10-8-6-5-7-9-11-13-15-18/h17H,4-16,19H2,1-3H3. The molecule has 1 aliphatic carbocycles. The van der Waals surface area contributed by atoms with E-state index < -0.39 is 0 Å². The average Bonchev–Trinajstić information content (AvgIpc) is 2.42. The minimum Gasteiger partial charge on any atom is -0.329 e. The normalized spacial score (nSPS) is 22.5. The molecule has 1 fully saturated rings. The SMILES string of the molecule is CCN(C(C)C)C1(CN)CCCCCCCCCCC1. The van der Waals surface area contributed by atoms with Gasteiger partial charge in [-0.15, -0.1) is 0 Å². The molecule has 0 aliphatic heterocycles. The highest BCUT2D eigenvalue weighted by Crippen LogP contribution is 2.31. The van der Waals surface area contributed by atoms with Crippen molar-refractivity contribution in [2.45, 2.75) is 103 Å². The molecule has 1 rings (SSSR count). The summed E-state index contributed by atoms with van der Waals surface area (Å²) in [6.45, 7) is 8.93. The van der Waals surface area contributed by atoms with E-state index in [-0.39, 0.29) is 5.54 Å². The first-order valence-electron chi connectivity index (χ1n) is 9.13. The molecule has 0 spiro atoms. The minimum absolute atomic E-state index is 0.266. The first kappa shape index (κ1) is 18.0. The van der Waals surface area contributed by atoms with Crippen LogP contribution in [0.25, 0.3) is 0 Å². The summed E-state index contributed by atoms with van der Waals surface area (Å²) in [5.74, 6) is 0. The van der Waals surface area contributed by atoms with E-state index in [9.17, 15) is 0 Å². The number of rotatable bonds is 4. The van der Waals surface area contributed by atoms with Crippen LogP contribution in [0, 0.1) is 0 Å². The summed E-state index contributed by atoms with van der Waals surface area (Å²) in [4.78, 5) is 2.68. The van der Waals surface area contributed by atoms with Gasteiger partial charge in [0.25, 0.3) is 0 Å². The molecule has 0 heterocycles. The van der Waals surface area contributed by atoms with Gasteiger partial charge in [-0.2, -0.15) is 0 Å². The zero-order valence-electron chi connectivity index (χ0n) is 14.3. The third-order valence-electron chi connectivity index (χ3n) is 5.24. The molecule has 1 saturated carbocycles. The predicted octanol–water partition coefficient (Wildman–Crippen LogP) is 4.72. The second-order valence-electron chi connectivity index (χ2n) is 6.99. The quantitative estimate of drug-likeness (QED) is 0.808. The molecule has 0 atom stereocenters. The van der Waals surface area contributed by atoms with E-state index in [2.05, 4.69) is 25.7 Å². The maximum atomic E-state index is 6.29. The van der Waals surface area contributed by atoms with Crippen molar-refractivity contribution in [3.63, 3.8) is 0 Å². The molecule has 2 heteroatoms. The molecule has 0 radical (unpaired) electrons. The monoisotopic (exact) mass is 282 g/mol. The van der Waals surface area contributed by atoms with Crippen LogP contribution in [0.3, 0.4) is 0 Å². The van der Waals surface area contributed by atoms with Crippen molar-refractivity contribution < 1.29 is 0 Å². The van der Waals surface area contributed by atoms with Gasteiger partial charge in [0.15, 0.2) is 0 Å². The molecule has 0 aromatic rings. The molecule has 20 heavy (non-hydrogen) atoms. The smallest absolute Gasteiger partial charge is 0.0334 e. The third-order valence-corrected chi connectivity index (χ3v) is 5.24. The van der Waals surface area contributed by atoms with E-state index in [0.29, 0.717) is 6.04 Å². The van der Waals surface area contributed by atoms with Crippen LogP contribution in [0.2, 0.25) is 0 Å². The molecule has 0 aromatic carbocycles. The van der Waals surface area contributed by atoms with Crippen molar-refractivity contribution in [3.05, 3.63) is 0 Å². The maximum absolute atomic E-state index is 6.29. The van der Waals surface area contributed by atoms with Crippen LogP contribution >= 0.6 is 0 Å². The summed E-state index contributed by atoms with van der Waals surface area (Å²) in [7, 11) is 0. The molecule has 0 bridgehead atoms. The number of nitrogens with two attached hydrogens (primary N) is 1. The van der Waals surface area contributed by atoms with Crippen molar-refractivity contribution in [1.82, 2.24) is 4.90 Å². The predicted molar refractivity (Wildman–Crippen MR) is 90.1 cm³/mol. The molecule has 0 aromatic heterocycles. The lowest BCUT2D eigenvalue weighted by Gasteiger charge is -2.46. The number of hydrogen-bond acceptors (Lipinski definition) is 2. The van der Waals surface area contributed by atoms with Gasteiger partial charge in [-0.3, -0.25) is 4.90 Å². The van der Waals surface area contributed by atoms with Gasteiger partial charge in [0.2, 0.25) is 0 Å². The molecular formula is C18H38N2. The molecule has 2 nitrogen and oxygen atoms in total. The molecule has 0 unspecified atom stereocenters. The Hall–Kier alpha value is -0.0800. The van der Waals surface area contributed by atoms with Crippen LogP contribution in [-0.4, -0.2) is 29.6 Å². The van der Waals surface area contributed by atoms with Crippen LogP contribution in [-0.2, 0) is 0 Å². The Balaban J connectivity index is 2.73. The maximum Gasteiger partial charge on any atom is 0.0334 e. The van der Waals surface area contributed by atoms with E-state index in [1.807, 2.05) is 0 Å². The molecule has 2 N–H and O–H groups in total. The van der Waals surface area contributed by atoms with Gasteiger partial charge in [0, 0.05) is 18.1 Å². The van der Waals surface area contributed by atoms with Gasteiger partial charge in [-0.1, -0.05) is 64.7 Å². The van der Waals surface area contributed by atoms with E-state index in [4.69, 9.17) is 5.73 Å². The van der Waals surface area contributed by atoms with Crippen molar-refractivity contribution in [1.29, 1.82) is 0 Å². The fourth-order valence-electron chi connectivity index (χ4n) is 4.13. The summed E-state index contributed by atoms with van der Waals surface area (Å²) < 4.78 is 0. The number of likely N-dealkylation sites (N-methyl/N-ethyl adjacent to an activating group) is 1. The Bertz CT molecular complexity index is 226. The van der Waals surface area contributed by atoms with Crippen LogP contribution in [0.1, 0.15) is 91.4 Å². The van der Waals surface area contributed by atoms with Gasteiger partial charge in [-0.05, 0) is 33.2 Å². The summed E-state index contributed by atoms with van der Waals surface area (Å²) in [5, 5.41) is 0. The Labute approximate surface area is 127 Å². The van der Waals surface area contributed by atoms with Gasteiger partial charge in [-0.25, -0.2) is 0 Å². The minimum atomic E-state index is 0.266. The zero-order chi connectivity index (χ0) is 14.8. The second-order valence-corrected chi connectivity index (χ2v) is 6.99. The van der Waals surface area contributed by atoms with Gasteiger partial charge in [0.1, 0.15) is 0 Å². The summed E-state index contributed by atoms with van der Waals surface area (Å²) in [5.41, 5.74) is 6.56. The lowest BCUT2D eigenvalue weighted by Crippen LogP contribution is -2.56. The second kappa shape index (κ2) is 9.78. The van der Waals surface area contributed by atoms with Crippen molar-refractivity contribution in [2.75, 3.05) is 13.1 Å². The van der Waals surface area contributed by atoms with E-state index in [0.717, 1.165) is 13.1 Å². The van der Waals surface area contributed by atoms with Gasteiger partial charge < -0.3 is 5.73 Å². The van der Waals surface area contributed by atoms with Crippen LogP contribution in [0.15, 0.2) is 0 Å². The fraction of sp³-hybridized carbons (Fsp3) is 1.00. The van der Waals surface area contributed by atoms with Gasteiger partial charge >= 0.3 is 0 Å². The summed E-state index contributed by atoms with van der Waals surface area (Å²) in [6, 6.07) is 0.608. The van der Waals surface area contributed by atoms with E-state index in [1.54, 1.807) is 0 Å². The Morgan fingerprint density at radius 3 is 1.55 bits per heavy atom. The van der Waals surface area contributed by atoms with Crippen LogP contribution in [0.5, 0.6) is 0 Å². The van der Waals surface area contributed by atoms with E-state index >= 15 is 0 Å². The van der Waals surface area contributed by atoms with Crippen molar-refractivity contribution in [3.8, 4) is 0 Å². The molecule has 120 valence electrons. The molecule has 0 saturated heterocycles. The lowest BCUT2D eigenvalue weighted by molar-refractivity contribution is 0.0467. The Morgan fingerprint density at radius 1 is 0.850 bits per heavy atom. The zero-order valence-corrected chi connectivity index (χ0v) is 14.3. The summed E-state index contributed by atoms with van der Waals surface area (Å²) >= 11 is 0. The van der Waals surface area contributed by atoms with Crippen molar-refractivity contribution >= 4 is 0 Å². The van der Waals surface area contributed by atoms with Gasteiger partial charge in [0.05, 0.1) is 0 Å². The van der Waals surface area contributed by atoms with Crippen LogP contribution < -0.4 is 5.73 Å². The fourth-order valence-corrected chi connectivity index (χ4v) is 4.13.